The van der Waals surface area contributed by atoms with E-state index >= 15 is 0 Å². The van der Waals surface area contributed by atoms with E-state index in [1.54, 1.807) is 6.07 Å². The van der Waals surface area contributed by atoms with Crippen LogP contribution in [0.4, 0.5) is 8.78 Å². The lowest BCUT2D eigenvalue weighted by Gasteiger charge is -2.11. The van der Waals surface area contributed by atoms with Crippen LogP contribution in [0.3, 0.4) is 0 Å². The van der Waals surface area contributed by atoms with Gasteiger partial charge in [0.2, 0.25) is 0 Å². The third kappa shape index (κ3) is 4.66. The molecule has 0 N–H and O–H groups in total. The van der Waals surface area contributed by atoms with Crippen LogP contribution in [0.25, 0.3) is 5.82 Å². The summed E-state index contributed by atoms with van der Waals surface area (Å²) >= 11 is 1.19. The average Bonchev–Trinajstić information content (AvgIpc) is 2.99. The van der Waals surface area contributed by atoms with E-state index in [1.807, 2.05) is 13.8 Å². The summed E-state index contributed by atoms with van der Waals surface area (Å²) in [7, 11) is -4.33. The number of rotatable bonds is 7. The number of hydrogen-bond acceptors (Lipinski definition) is 8. The summed E-state index contributed by atoms with van der Waals surface area (Å²) in [4.78, 5) is 14.4. The molecule has 0 aliphatic carbocycles. The first-order valence-electron chi connectivity index (χ1n) is 8.00. The largest absolute Gasteiger partial charge is 0.343 e. The third-order valence-corrected chi connectivity index (χ3v) is 6.14. The Bertz CT molecular complexity index is 1010. The molecule has 0 saturated carbocycles. The SMILES string of the molecule is CCC(C)Sc1c(C#N)c(C(F)F)nn1-c1ccc(S(=O)(=O)OC(C)=O)cn1. The van der Waals surface area contributed by atoms with Crippen LogP contribution in [0.2, 0.25) is 0 Å². The van der Waals surface area contributed by atoms with Gasteiger partial charge in [-0.1, -0.05) is 13.8 Å². The molecule has 0 saturated heterocycles. The van der Waals surface area contributed by atoms with Crippen molar-refractivity contribution in [3.05, 3.63) is 29.6 Å². The molecule has 28 heavy (non-hydrogen) atoms. The van der Waals surface area contributed by atoms with Gasteiger partial charge in [0.05, 0.1) is 6.20 Å². The van der Waals surface area contributed by atoms with Crippen molar-refractivity contribution in [2.45, 2.75) is 48.8 Å². The van der Waals surface area contributed by atoms with E-state index in [2.05, 4.69) is 14.3 Å². The molecule has 0 aromatic carbocycles. The van der Waals surface area contributed by atoms with E-state index in [0.717, 1.165) is 30.3 Å². The zero-order chi connectivity index (χ0) is 21.1. The average molecular weight is 430 g/mol. The molecular formula is C16H16F2N4O4S2. The molecule has 0 bridgehead atoms. The quantitative estimate of drug-likeness (QED) is 0.486. The fourth-order valence-electron chi connectivity index (χ4n) is 2.06. The van der Waals surface area contributed by atoms with Crippen molar-refractivity contribution < 1.29 is 26.2 Å². The maximum absolute atomic E-state index is 13.3. The summed E-state index contributed by atoms with van der Waals surface area (Å²) in [6.45, 7) is 4.72. The summed E-state index contributed by atoms with van der Waals surface area (Å²) in [5.41, 5.74) is -0.926. The second-order valence-electron chi connectivity index (χ2n) is 5.61. The van der Waals surface area contributed by atoms with Crippen molar-refractivity contribution >= 4 is 27.8 Å². The molecule has 0 aliphatic heterocycles. The number of thioether (sulfide) groups is 1. The topological polar surface area (TPSA) is 115 Å². The summed E-state index contributed by atoms with van der Waals surface area (Å²) in [5, 5.41) is 13.3. The van der Waals surface area contributed by atoms with Crippen molar-refractivity contribution in [3.8, 4) is 11.9 Å². The lowest BCUT2D eigenvalue weighted by atomic mass is 10.3. The number of carbonyl (C=O) groups is 1. The van der Waals surface area contributed by atoms with Gasteiger partial charge in [0.15, 0.2) is 5.82 Å². The van der Waals surface area contributed by atoms with Crippen LogP contribution < -0.4 is 0 Å². The van der Waals surface area contributed by atoms with E-state index in [4.69, 9.17) is 0 Å². The van der Waals surface area contributed by atoms with Crippen molar-refractivity contribution in [1.82, 2.24) is 14.8 Å². The lowest BCUT2D eigenvalue weighted by Crippen LogP contribution is -2.11. The van der Waals surface area contributed by atoms with Gasteiger partial charge >= 0.3 is 16.1 Å². The van der Waals surface area contributed by atoms with Gasteiger partial charge in [0, 0.05) is 12.2 Å². The molecule has 0 aliphatic rings. The Kier molecular flexibility index (Phi) is 6.73. The van der Waals surface area contributed by atoms with Gasteiger partial charge in [-0.2, -0.15) is 18.8 Å². The van der Waals surface area contributed by atoms with E-state index in [-0.39, 0.29) is 26.6 Å². The molecule has 8 nitrogen and oxygen atoms in total. The van der Waals surface area contributed by atoms with Crippen LogP contribution >= 0.6 is 11.8 Å². The Balaban J connectivity index is 2.55. The fourth-order valence-corrected chi connectivity index (χ4v) is 3.93. The van der Waals surface area contributed by atoms with Gasteiger partial charge in [0.1, 0.15) is 27.2 Å². The minimum atomic E-state index is -4.33. The normalized spacial score (nSPS) is 12.6. The minimum absolute atomic E-state index is 0.0108. The Labute approximate surface area is 164 Å². The van der Waals surface area contributed by atoms with Crippen molar-refractivity contribution in [2.75, 3.05) is 0 Å². The first-order chi connectivity index (χ1) is 13.1. The lowest BCUT2D eigenvalue weighted by molar-refractivity contribution is -0.131. The molecule has 2 rings (SSSR count). The second kappa shape index (κ2) is 8.66. The van der Waals surface area contributed by atoms with Crippen LogP contribution in [0.1, 0.15) is 44.9 Å². The zero-order valence-electron chi connectivity index (χ0n) is 15.1. The van der Waals surface area contributed by atoms with Crippen LogP contribution in [0, 0.1) is 11.3 Å². The Morgan fingerprint density at radius 3 is 2.57 bits per heavy atom. The second-order valence-corrected chi connectivity index (χ2v) is 8.58. The highest BCUT2D eigenvalue weighted by molar-refractivity contribution is 7.99. The minimum Gasteiger partial charge on any atom is -0.343 e. The van der Waals surface area contributed by atoms with E-state index in [9.17, 15) is 27.3 Å². The molecule has 2 aromatic heterocycles. The number of hydrogen-bond donors (Lipinski definition) is 0. The standard InChI is InChI=1S/C16H16F2N4O4S2/c1-4-9(2)27-16-12(7-19)14(15(17)18)21-22(16)13-6-5-11(8-20-13)28(24,25)26-10(3)23/h5-6,8-9,15H,4H2,1-3H3. The van der Waals surface area contributed by atoms with Gasteiger partial charge in [-0.25, -0.2) is 18.4 Å². The predicted octanol–water partition coefficient (Wildman–Crippen LogP) is 3.22. The zero-order valence-corrected chi connectivity index (χ0v) is 16.7. The predicted molar refractivity (Wildman–Crippen MR) is 95.6 cm³/mol. The molecule has 2 heterocycles. The summed E-state index contributed by atoms with van der Waals surface area (Å²) in [6.07, 6.45) is -1.32. The molecule has 150 valence electrons. The number of nitrogens with zero attached hydrogens (tertiary/aromatic N) is 4. The van der Waals surface area contributed by atoms with E-state index in [0.29, 0.717) is 0 Å². The molecule has 1 atom stereocenters. The number of nitriles is 1. The van der Waals surface area contributed by atoms with Gasteiger partial charge in [-0.15, -0.1) is 11.8 Å². The number of pyridine rings is 1. The highest BCUT2D eigenvalue weighted by Crippen LogP contribution is 2.35. The summed E-state index contributed by atoms with van der Waals surface area (Å²) in [5.74, 6) is -0.973. The maximum atomic E-state index is 13.3. The molecule has 12 heteroatoms. The van der Waals surface area contributed by atoms with Gasteiger partial charge < -0.3 is 4.18 Å². The highest BCUT2D eigenvalue weighted by atomic mass is 32.2. The van der Waals surface area contributed by atoms with E-state index < -0.39 is 28.2 Å². The molecular weight excluding hydrogens is 414 g/mol. The fraction of sp³-hybridized carbons (Fsp3) is 0.375. The van der Waals surface area contributed by atoms with Gasteiger partial charge in [-0.3, -0.25) is 4.79 Å². The number of alkyl halides is 2. The smallest absolute Gasteiger partial charge is 0.343 e. The number of halogens is 2. The van der Waals surface area contributed by atoms with Crippen LogP contribution in [-0.4, -0.2) is 34.4 Å². The number of aromatic nitrogens is 3. The van der Waals surface area contributed by atoms with Crippen molar-refractivity contribution in [3.63, 3.8) is 0 Å². The summed E-state index contributed by atoms with van der Waals surface area (Å²) < 4.78 is 55.7. The van der Waals surface area contributed by atoms with Crippen LogP contribution in [-0.2, 0) is 19.1 Å². The molecule has 1 unspecified atom stereocenters. The molecule has 2 aromatic rings. The highest BCUT2D eigenvalue weighted by Gasteiger charge is 2.27. The van der Waals surface area contributed by atoms with E-state index in [1.165, 1.54) is 17.8 Å². The molecule has 0 fully saturated rings. The molecule has 0 spiro atoms. The Hall–Kier alpha value is -2.52. The third-order valence-electron chi connectivity index (χ3n) is 3.53. The Morgan fingerprint density at radius 1 is 1.43 bits per heavy atom. The Morgan fingerprint density at radius 2 is 2.11 bits per heavy atom. The van der Waals surface area contributed by atoms with Crippen molar-refractivity contribution in [1.29, 1.82) is 5.26 Å². The van der Waals surface area contributed by atoms with Crippen LogP contribution in [0.5, 0.6) is 0 Å². The monoisotopic (exact) mass is 430 g/mol. The van der Waals surface area contributed by atoms with Gasteiger partial charge in [0.25, 0.3) is 6.43 Å². The van der Waals surface area contributed by atoms with Crippen molar-refractivity contribution in [2.24, 2.45) is 0 Å². The first kappa shape index (κ1) is 21.8. The maximum Gasteiger partial charge on any atom is 0.343 e. The molecule has 0 radical (unpaired) electrons. The van der Waals surface area contributed by atoms with Crippen LogP contribution in [0.15, 0.2) is 28.3 Å². The summed E-state index contributed by atoms with van der Waals surface area (Å²) in [6, 6.07) is 4.08. The van der Waals surface area contributed by atoms with Gasteiger partial charge in [-0.05, 0) is 18.6 Å². The first-order valence-corrected chi connectivity index (χ1v) is 10.3. The molecule has 0 amide bonds. The number of carbonyl (C=O) groups excluding carboxylic acids is 1.